The van der Waals surface area contributed by atoms with E-state index < -0.39 is 5.60 Å². The van der Waals surface area contributed by atoms with E-state index in [4.69, 9.17) is 9.47 Å². The predicted molar refractivity (Wildman–Crippen MR) is 97.8 cm³/mol. The van der Waals surface area contributed by atoms with Gasteiger partial charge < -0.3 is 19.7 Å². The second kappa shape index (κ2) is 7.17. The van der Waals surface area contributed by atoms with Gasteiger partial charge in [0.2, 0.25) is 0 Å². The first-order valence-electron chi connectivity index (χ1n) is 8.24. The number of nitrogens with one attached hydrogen (secondary N) is 1. The highest BCUT2D eigenvalue weighted by Gasteiger charge is 2.34. The number of benzene rings is 1. The van der Waals surface area contributed by atoms with Crippen LogP contribution < -0.4 is 5.32 Å². The van der Waals surface area contributed by atoms with Crippen molar-refractivity contribution in [1.29, 1.82) is 0 Å². The zero-order chi connectivity index (χ0) is 18.8. The van der Waals surface area contributed by atoms with Crippen LogP contribution in [0.4, 0.5) is 10.5 Å². The molecule has 0 saturated carbocycles. The molecule has 0 aliphatic carbocycles. The van der Waals surface area contributed by atoms with Gasteiger partial charge in [-0.3, -0.25) is 0 Å². The number of nitrogens with zero attached hydrogens (tertiary/aromatic N) is 1. The van der Waals surface area contributed by atoms with E-state index in [0.717, 1.165) is 16.8 Å². The zero-order valence-corrected chi connectivity index (χ0v) is 15.5. The first kappa shape index (κ1) is 18.8. The third-order valence-corrected chi connectivity index (χ3v) is 3.96. The van der Waals surface area contributed by atoms with Crippen LogP contribution in [0.5, 0.6) is 0 Å². The van der Waals surface area contributed by atoms with Crippen molar-refractivity contribution in [2.24, 2.45) is 0 Å². The SMILES string of the molecule is C=Cc1cc(NC2CN(C(=O)OC(C)(C)C)C2)c(C)c(C(=O)OC)c1. The van der Waals surface area contributed by atoms with Gasteiger partial charge in [-0.25, -0.2) is 9.59 Å². The first-order chi connectivity index (χ1) is 11.6. The molecule has 0 aromatic heterocycles. The average Bonchev–Trinajstić information content (AvgIpc) is 2.49. The lowest BCUT2D eigenvalue weighted by atomic mass is 10.0. The minimum absolute atomic E-state index is 0.108. The lowest BCUT2D eigenvalue weighted by molar-refractivity contribution is 0.0105. The number of carbonyl (C=O) groups excluding carboxylic acids is 2. The number of anilines is 1. The summed E-state index contributed by atoms with van der Waals surface area (Å²) in [6.07, 6.45) is 1.38. The molecule has 0 unspecified atom stereocenters. The molecule has 6 heteroatoms. The summed E-state index contributed by atoms with van der Waals surface area (Å²) in [6, 6.07) is 3.80. The fourth-order valence-corrected chi connectivity index (χ4v) is 2.59. The molecule has 1 saturated heterocycles. The van der Waals surface area contributed by atoms with Gasteiger partial charge >= 0.3 is 12.1 Å². The molecule has 136 valence electrons. The number of hydrogen-bond donors (Lipinski definition) is 1. The van der Waals surface area contributed by atoms with E-state index in [0.29, 0.717) is 18.7 Å². The summed E-state index contributed by atoms with van der Waals surface area (Å²) < 4.78 is 10.2. The van der Waals surface area contributed by atoms with Gasteiger partial charge in [0.25, 0.3) is 0 Å². The van der Waals surface area contributed by atoms with Crippen LogP contribution in [0.3, 0.4) is 0 Å². The van der Waals surface area contributed by atoms with Crippen molar-refractivity contribution >= 4 is 23.8 Å². The van der Waals surface area contributed by atoms with Gasteiger partial charge in [0.15, 0.2) is 0 Å². The molecule has 0 spiro atoms. The van der Waals surface area contributed by atoms with E-state index in [1.54, 1.807) is 17.0 Å². The van der Waals surface area contributed by atoms with E-state index in [1.807, 2.05) is 33.8 Å². The van der Waals surface area contributed by atoms with E-state index in [-0.39, 0.29) is 18.1 Å². The highest BCUT2D eigenvalue weighted by molar-refractivity contribution is 5.93. The number of carbonyl (C=O) groups is 2. The molecule has 1 aliphatic heterocycles. The quantitative estimate of drug-likeness (QED) is 0.846. The van der Waals surface area contributed by atoms with Crippen LogP contribution in [0.25, 0.3) is 6.08 Å². The fourth-order valence-electron chi connectivity index (χ4n) is 2.59. The summed E-state index contributed by atoms with van der Waals surface area (Å²) in [7, 11) is 1.36. The third kappa shape index (κ3) is 4.53. The third-order valence-electron chi connectivity index (χ3n) is 3.96. The maximum atomic E-state index is 12.0. The van der Waals surface area contributed by atoms with Gasteiger partial charge in [-0.05, 0) is 51.0 Å². The van der Waals surface area contributed by atoms with Crippen molar-refractivity contribution in [1.82, 2.24) is 4.90 Å². The van der Waals surface area contributed by atoms with Crippen LogP contribution in [0, 0.1) is 6.92 Å². The van der Waals surface area contributed by atoms with E-state index in [9.17, 15) is 9.59 Å². The van der Waals surface area contributed by atoms with Gasteiger partial charge in [0, 0.05) is 18.8 Å². The summed E-state index contributed by atoms with van der Waals surface area (Å²) in [5, 5.41) is 3.38. The summed E-state index contributed by atoms with van der Waals surface area (Å²) in [6.45, 7) is 12.3. The predicted octanol–water partition coefficient (Wildman–Crippen LogP) is 3.46. The summed E-state index contributed by atoms with van der Waals surface area (Å²) in [5.41, 5.74) is 2.49. The number of amides is 1. The van der Waals surface area contributed by atoms with Gasteiger partial charge in [0.05, 0.1) is 18.7 Å². The molecule has 2 rings (SSSR count). The number of ether oxygens (including phenoxy) is 2. The van der Waals surface area contributed by atoms with E-state index >= 15 is 0 Å². The molecule has 1 aromatic carbocycles. The number of hydrogen-bond acceptors (Lipinski definition) is 5. The summed E-state index contributed by atoms with van der Waals surface area (Å²) >= 11 is 0. The molecule has 1 aliphatic rings. The number of methoxy groups -OCH3 is 1. The molecular weight excluding hydrogens is 320 g/mol. The molecule has 6 nitrogen and oxygen atoms in total. The Labute approximate surface area is 148 Å². The van der Waals surface area contributed by atoms with Crippen molar-refractivity contribution < 1.29 is 19.1 Å². The van der Waals surface area contributed by atoms with Crippen LogP contribution in [0.1, 0.15) is 42.3 Å². The number of rotatable bonds is 4. The smallest absolute Gasteiger partial charge is 0.410 e. The zero-order valence-electron chi connectivity index (χ0n) is 15.5. The van der Waals surface area contributed by atoms with Crippen LogP contribution in [0.2, 0.25) is 0 Å². The Bertz CT molecular complexity index is 685. The molecule has 0 radical (unpaired) electrons. The number of esters is 1. The minimum atomic E-state index is -0.500. The molecule has 1 N–H and O–H groups in total. The van der Waals surface area contributed by atoms with Crippen molar-refractivity contribution in [2.75, 3.05) is 25.5 Å². The average molecular weight is 346 g/mol. The Kier molecular flexibility index (Phi) is 5.40. The van der Waals surface area contributed by atoms with Crippen molar-refractivity contribution in [2.45, 2.75) is 39.3 Å². The Balaban J connectivity index is 2.06. The highest BCUT2D eigenvalue weighted by Crippen LogP contribution is 2.26. The second-order valence-corrected chi connectivity index (χ2v) is 7.16. The molecule has 0 bridgehead atoms. The highest BCUT2D eigenvalue weighted by atomic mass is 16.6. The molecular formula is C19H26N2O4. The van der Waals surface area contributed by atoms with Crippen LogP contribution in [-0.2, 0) is 9.47 Å². The number of likely N-dealkylation sites (tertiary alicyclic amines) is 1. The van der Waals surface area contributed by atoms with Gasteiger partial charge in [-0.15, -0.1) is 0 Å². The summed E-state index contributed by atoms with van der Waals surface area (Å²) in [4.78, 5) is 25.6. The molecule has 1 fully saturated rings. The first-order valence-corrected chi connectivity index (χ1v) is 8.24. The standard InChI is InChI=1S/C19H26N2O4/c1-7-13-8-15(17(22)24-6)12(2)16(9-13)20-14-10-21(11-14)18(23)25-19(3,4)5/h7-9,14,20H,1,10-11H2,2-6H3. The Morgan fingerprint density at radius 2 is 1.96 bits per heavy atom. The molecule has 1 heterocycles. The normalized spacial score (nSPS) is 14.5. The Morgan fingerprint density at radius 3 is 2.48 bits per heavy atom. The monoisotopic (exact) mass is 346 g/mol. The summed E-state index contributed by atoms with van der Waals surface area (Å²) in [5.74, 6) is -0.381. The lowest BCUT2D eigenvalue weighted by Crippen LogP contribution is -2.58. The van der Waals surface area contributed by atoms with E-state index in [1.165, 1.54) is 7.11 Å². The largest absolute Gasteiger partial charge is 0.465 e. The van der Waals surface area contributed by atoms with Gasteiger partial charge in [0.1, 0.15) is 5.60 Å². The van der Waals surface area contributed by atoms with Crippen molar-refractivity contribution in [3.63, 3.8) is 0 Å². The van der Waals surface area contributed by atoms with E-state index in [2.05, 4.69) is 11.9 Å². The second-order valence-electron chi connectivity index (χ2n) is 7.16. The van der Waals surface area contributed by atoms with Crippen LogP contribution in [0.15, 0.2) is 18.7 Å². The molecule has 1 amide bonds. The van der Waals surface area contributed by atoms with Crippen molar-refractivity contribution in [3.05, 3.63) is 35.4 Å². The fraction of sp³-hybridized carbons (Fsp3) is 0.474. The minimum Gasteiger partial charge on any atom is -0.465 e. The lowest BCUT2D eigenvalue weighted by Gasteiger charge is -2.40. The maximum Gasteiger partial charge on any atom is 0.410 e. The van der Waals surface area contributed by atoms with Gasteiger partial charge in [-0.1, -0.05) is 12.7 Å². The van der Waals surface area contributed by atoms with Crippen LogP contribution >= 0.6 is 0 Å². The Morgan fingerprint density at radius 1 is 1.32 bits per heavy atom. The molecule has 1 aromatic rings. The van der Waals surface area contributed by atoms with Crippen LogP contribution in [-0.4, -0.2) is 48.8 Å². The maximum absolute atomic E-state index is 12.0. The molecule has 25 heavy (non-hydrogen) atoms. The van der Waals surface area contributed by atoms with Crippen molar-refractivity contribution in [3.8, 4) is 0 Å². The van der Waals surface area contributed by atoms with Gasteiger partial charge in [-0.2, -0.15) is 0 Å². The molecule has 0 atom stereocenters. The topological polar surface area (TPSA) is 67.9 Å². The Hall–Kier alpha value is -2.50.